The van der Waals surface area contributed by atoms with E-state index in [1.807, 2.05) is 0 Å². The first-order valence-corrected chi connectivity index (χ1v) is 10.9. The number of nitrogens with one attached hydrogen (secondary N) is 1. The molecule has 162 valence electrons. The molecule has 0 unspecified atom stereocenters. The molecule has 0 atom stereocenters. The van der Waals surface area contributed by atoms with Gasteiger partial charge in [-0.2, -0.15) is 0 Å². The van der Waals surface area contributed by atoms with Crippen molar-refractivity contribution in [1.29, 1.82) is 0 Å². The fourth-order valence-electron chi connectivity index (χ4n) is 2.95. The second-order valence-electron chi connectivity index (χ2n) is 7.11. The Hall–Kier alpha value is -3.17. The molecule has 0 spiro atoms. The van der Waals surface area contributed by atoms with Gasteiger partial charge in [-0.25, -0.2) is 21.9 Å². The Bertz CT molecular complexity index is 1190. The maximum absolute atomic E-state index is 14.5. The first-order chi connectivity index (χ1) is 14.7. The first kappa shape index (κ1) is 22.5. The van der Waals surface area contributed by atoms with Crippen LogP contribution in [0.3, 0.4) is 0 Å². The van der Waals surface area contributed by atoms with Crippen LogP contribution in [-0.2, 0) is 16.6 Å². The number of benzene rings is 2. The summed E-state index contributed by atoms with van der Waals surface area (Å²) in [6.07, 6.45) is 1.53. The molecule has 3 rings (SSSR count). The topological polar surface area (TPSA) is 79.4 Å². The molecule has 0 saturated carbocycles. The number of carbonyl (C=O) groups excluding carboxylic acids is 1. The third-order valence-electron chi connectivity index (χ3n) is 4.27. The van der Waals surface area contributed by atoms with Gasteiger partial charge < -0.3 is 0 Å². The average Bonchev–Trinajstić information content (AvgIpc) is 2.72. The SMILES string of the molecule is CC(C)NS(=O)(=O)c1cccc(C(=O)N(Cc2ccccn2)c2ccc(F)cc2F)c1. The Labute approximate surface area is 179 Å². The van der Waals surface area contributed by atoms with Gasteiger partial charge in [0.25, 0.3) is 5.91 Å². The number of hydrogen-bond acceptors (Lipinski definition) is 4. The van der Waals surface area contributed by atoms with E-state index in [1.165, 1.54) is 30.5 Å². The molecule has 9 heteroatoms. The second-order valence-corrected chi connectivity index (χ2v) is 8.83. The monoisotopic (exact) mass is 445 g/mol. The zero-order valence-corrected chi connectivity index (χ0v) is 17.7. The second kappa shape index (κ2) is 9.32. The van der Waals surface area contributed by atoms with Gasteiger partial charge in [0.15, 0.2) is 0 Å². The summed E-state index contributed by atoms with van der Waals surface area (Å²) in [7, 11) is -3.84. The van der Waals surface area contributed by atoms with E-state index in [0.29, 0.717) is 11.8 Å². The van der Waals surface area contributed by atoms with Crippen LogP contribution in [-0.4, -0.2) is 25.4 Å². The average molecular weight is 445 g/mol. The summed E-state index contributed by atoms with van der Waals surface area (Å²) in [6, 6.07) is 13.1. The highest BCUT2D eigenvalue weighted by atomic mass is 32.2. The van der Waals surface area contributed by atoms with Crippen molar-refractivity contribution in [3.8, 4) is 0 Å². The fourth-order valence-corrected chi connectivity index (χ4v) is 4.25. The summed E-state index contributed by atoms with van der Waals surface area (Å²) in [5, 5.41) is 0. The highest BCUT2D eigenvalue weighted by Crippen LogP contribution is 2.25. The van der Waals surface area contributed by atoms with Gasteiger partial charge in [0.2, 0.25) is 10.0 Å². The van der Waals surface area contributed by atoms with Crippen LogP contribution in [0.15, 0.2) is 71.8 Å². The summed E-state index contributed by atoms with van der Waals surface area (Å²) in [4.78, 5) is 18.5. The van der Waals surface area contributed by atoms with Crippen molar-refractivity contribution < 1.29 is 22.0 Å². The van der Waals surface area contributed by atoms with Crippen molar-refractivity contribution in [2.45, 2.75) is 31.3 Å². The van der Waals surface area contributed by atoms with Gasteiger partial charge in [-0.1, -0.05) is 12.1 Å². The summed E-state index contributed by atoms with van der Waals surface area (Å²) < 4.78 is 55.4. The van der Waals surface area contributed by atoms with Crippen LogP contribution < -0.4 is 9.62 Å². The van der Waals surface area contributed by atoms with Gasteiger partial charge in [-0.3, -0.25) is 14.7 Å². The standard InChI is InChI=1S/C22H21F2N3O3S/c1-15(2)26-31(29,30)19-8-5-6-16(12-19)22(28)27(14-18-7-3-4-11-25-18)21-10-9-17(23)13-20(21)24/h3-13,15,26H,14H2,1-2H3. The van der Waals surface area contributed by atoms with E-state index in [0.717, 1.165) is 17.0 Å². The van der Waals surface area contributed by atoms with Crippen molar-refractivity contribution in [3.63, 3.8) is 0 Å². The molecular weight excluding hydrogens is 424 g/mol. The number of amides is 1. The molecule has 6 nitrogen and oxygen atoms in total. The normalized spacial score (nSPS) is 11.5. The molecule has 2 aromatic carbocycles. The number of halogens is 2. The van der Waals surface area contributed by atoms with Gasteiger partial charge in [0.05, 0.1) is 22.8 Å². The highest BCUT2D eigenvalue weighted by Gasteiger charge is 2.24. The molecule has 0 aliphatic heterocycles. The molecule has 0 saturated heterocycles. The van der Waals surface area contributed by atoms with Crippen molar-refractivity contribution in [1.82, 2.24) is 9.71 Å². The van der Waals surface area contributed by atoms with E-state index in [1.54, 1.807) is 32.0 Å². The predicted octanol–water partition coefficient (Wildman–Crippen LogP) is 3.89. The predicted molar refractivity (Wildman–Crippen MR) is 113 cm³/mol. The minimum Gasteiger partial charge on any atom is -0.299 e. The van der Waals surface area contributed by atoms with Crippen LogP contribution >= 0.6 is 0 Å². The van der Waals surface area contributed by atoms with Crippen LogP contribution in [0.1, 0.15) is 29.9 Å². The lowest BCUT2D eigenvalue weighted by atomic mass is 10.1. The van der Waals surface area contributed by atoms with Crippen molar-refractivity contribution >= 4 is 21.6 Å². The molecule has 1 aromatic heterocycles. The number of pyridine rings is 1. The number of sulfonamides is 1. The van der Waals surface area contributed by atoms with Gasteiger partial charge in [0, 0.05) is 23.9 Å². The molecule has 0 radical (unpaired) electrons. The van der Waals surface area contributed by atoms with Crippen LogP contribution in [0.4, 0.5) is 14.5 Å². The smallest absolute Gasteiger partial charge is 0.258 e. The molecule has 1 heterocycles. The number of aromatic nitrogens is 1. The minimum atomic E-state index is -3.84. The number of carbonyl (C=O) groups is 1. The van der Waals surface area contributed by atoms with Crippen LogP contribution in [0, 0.1) is 11.6 Å². The molecule has 1 N–H and O–H groups in total. The first-order valence-electron chi connectivity index (χ1n) is 9.46. The van der Waals surface area contributed by atoms with E-state index in [2.05, 4.69) is 9.71 Å². The zero-order chi connectivity index (χ0) is 22.6. The minimum absolute atomic E-state index is 0.0336. The molecule has 0 bridgehead atoms. The molecule has 0 fully saturated rings. The molecular formula is C22H21F2N3O3S. The Morgan fingerprint density at radius 2 is 1.84 bits per heavy atom. The van der Waals surface area contributed by atoms with Crippen molar-refractivity contribution in [2.24, 2.45) is 0 Å². The van der Waals surface area contributed by atoms with Gasteiger partial charge in [-0.15, -0.1) is 0 Å². The zero-order valence-electron chi connectivity index (χ0n) is 16.9. The number of anilines is 1. The maximum atomic E-state index is 14.5. The summed E-state index contributed by atoms with van der Waals surface area (Å²) in [6.45, 7) is 3.26. The quantitative estimate of drug-likeness (QED) is 0.598. The number of hydrogen-bond donors (Lipinski definition) is 1. The highest BCUT2D eigenvalue weighted by molar-refractivity contribution is 7.89. The van der Waals surface area contributed by atoms with E-state index >= 15 is 0 Å². The van der Waals surface area contributed by atoms with E-state index in [4.69, 9.17) is 0 Å². The Morgan fingerprint density at radius 1 is 1.06 bits per heavy atom. The molecule has 0 aliphatic rings. The van der Waals surface area contributed by atoms with Gasteiger partial charge >= 0.3 is 0 Å². The lowest BCUT2D eigenvalue weighted by molar-refractivity contribution is 0.0983. The summed E-state index contributed by atoms with van der Waals surface area (Å²) in [5.74, 6) is -2.35. The Kier molecular flexibility index (Phi) is 6.77. The van der Waals surface area contributed by atoms with Crippen molar-refractivity contribution in [3.05, 3.63) is 89.8 Å². The molecule has 31 heavy (non-hydrogen) atoms. The van der Waals surface area contributed by atoms with E-state index in [-0.39, 0.29) is 28.7 Å². The summed E-state index contributed by atoms with van der Waals surface area (Å²) in [5.41, 5.74) is 0.363. The Balaban J connectivity index is 2.03. The number of rotatable bonds is 7. The molecule has 1 amide bonds. The van der Waals surface area contributed by atoms with Crippen LogP contribution in [0.2, 0.25) is 0 Å². The lowest BCUT2D eigenvalue weighted by Crippen LogP contribution is -2.32. The molecule has 3 aromatic rings. The van der Waals surface area contributed by atoms with Gasteiger partial charge in [0.1, 0.15) is 11.6 Å². The maximum Gasteiger partial charge on any atom is 0.258 e. The van der Waals surface area contributed by atoms with E-state index in [9.17, 15) is 22.0 Å². The third-order valence-corrected chi connectivity index (χ3v) is 5.93. The largest absolute Gasteiger partial charge is 0.299 e. The van der Waals surface area contributed by atoms with Crippen LogP contribution in [0.5, 0.6) is 0 Å². The Morgan fingerprint density at radius 3 is 2.48 bits per heavy atom. The number of nitrogens with zero attached hydrogens (tertiary/aromatic N) is 2. The molecule has 0 aliphatic carbocycles. The van der Waals surface area contributed by atoms with Gasteiger partial charge in [-0.05, 0) is 56.3 Å². The fraction of sp³-hybridized carbons (Fsp3) is 0.182. The van der Waals surface area contributed by atoms with Crippen molar-refractivity contribution in [2.75, 3.05) is 4.90 Å². The third kappa shape index (κ3) is 5.50. The van der Waals surface area contributed by atoms with Crippen LogP contribution in [0.25, 0.3) is 0 Å². The lowest BCUT2D eigenvalue weighted by Gasteiger charge is -2.23. The summed E-state index contributed by atoms with van der Waals surface area (Å²) >= 11 is 0. The van der Waals surface area contributed by atoms with E-state index < -0.39 is 27.6 Å².